The summed E-state index contributed by atoms with van der Waals surface area (Å²) in [5, 5.41) is 54.0. The van der Waals surface area contributed by atoms with E-state index < -0.39 is 10.8 Å². The molecule has 4 rings (SSSR count). The van der Waals surface area contributed by atoms with E-state index in [0.29, 0.717) is 17.1 Å². The number of hydrogen-bond acceptors (Lipinski definition) is 10. The number of benzene rings is 4. The predicted molar refractivity (Wildman–Crippen MR) is 165 cm³/mol. The molecule has 0 unspecified atom stereocenters. The number of aromatic hydroxyl groups is 1. The molecule has 0 spiro atoms. The first-order valence-electron chi connectivity index (χ1n) is 12.6. The average molecular weight is 617 g/mol. The maximum absolute atomic E-state index is 10.8. The molecule has 5 N–H and O–H groups in total. The standard InChI is InChI=1S/C16H11N3O2.C8H3N3O2.C8H9NO2.CH3/c17-9-12-3-6-15(8-13(12)10-18)21-14-4-1-11(2-5-14)7-16(19)20;9-4-6-1-2-8(11(12)13)3-7(6)5-10;9-8(11)5-6-1-3-7(10)4-2-6;/h1-6,8H,7H2,(H2,19,20);1-3H;1-4,10H,5H2,(H2,9,11);1H3/q;;;-1. The lowest BCUT2D eigenvalue weighted by Crippen LogP contribution is -2.13. The summed E-state index contributed by atoms with van der Waals surface area (Å²) in [6.45, 7) is 0. The molecule has 2 amide bonds. The number of rotatable bonds is 7. The Hall–Kier alpha value is -7.22. The van der Waals surface area contributed by atoms with Gasteiger partial charge in [0.25, 0.3) is 5.69 Å². The monoisotopic (exact) mass is 616 g/mol. The van der Waals surface area contributed by atoms with E-state index in [-0.39, 0.29) is 54.3 Å². The lowest BCUT2D eigenvalue weighted by molar-refractivity contribution is -0.384. The first-order chi connectivity index (χ1) is 21.5. The van der Waals surface area contributed by atoms with Crippen LogP contribution in [-0.4, -0.2) is 21.8 Å². The van der Waals surface area contributed by atoms with E-state index in [1.54, 1.807) is 54.6 Å². The third-order valence-electron chi connectivity index (χ3n) is 5.54. The first-order valence-corrected chi connectivity index (χ1v) is 12.6. The zero-order chi connectivity index (χ0) is 33.4. The van der Waals surface area contributed by atoms with E-state index in [1.165, 1.54) is 36.4 Å². The van der Waals surface area contributed by atoms with Crippen molar-refractivity contribution >= 4 is 17.5 Å². The summed E-state index contributed by atoms with van der Waals surface area (Å²) in [6, 6.07) is 28.9. The molecular weight excluding hydrogens is 590 g/mol. The zero-order valence-corrected chi connectivity index (χ0v) is 24.4. The number of non-ortho nitro benzene ring substituents is 1. The van der Waals surface area contributed by atoms with Gasteiger partial charge >= 0.3 is 0 Å². The molecule has 0 aliphatic rings. The lowest BCUT2D eigenvalue weighted by atomic mass is 10.1. The number of primary amides is 2. The van der Waals surface area contributed by atoms with Crippen LogP contribution >= 0.6 is 0 Å². The fourth-order valence-corrected chi connectivity index (χ4v) is 3.44. The number of nitriles is 4. The number of carbonyl (C=O) groups is 2. The van der Waals surface area contributed by atoms with Crippen LogP contribution in [0.4, 0.5) is 5.69 Å². The molecule has 13 nitrogen and oxygen atoms in total. The van der Waals surface area contributed by atoms with Crippen LogP contribution in [0.5, 0.6) is 17.2 Å². The van der Waals surface area contributed by atoms with Crippen molar-refractivity contribution < 1.29 is 24.4 Å². The first kappa shape index (κ1) is 36.8. The molecule has 0 heterocycles. The van der Waals surface area contributed by atoms with Crippen molar-refractivity contribution in [1.82, 2.24) is 0 Å². The van der Waals surface area contributed by atoms with Crippen LogP contribution in [0.1, 0.15) is 33.4 Å². The predicted octanol–water partition coefficient (Wildman–Crippen LogP) is 4.46. The van der Waals surface area contributed by atoms with Crippen LogP contribution in [0.3, 0.4) is 0 Å². The molecule has 0 bridgehead atoms. The van der Waals surface area contributed by atoms with Crippen LogP contribution in [0, 0.1) is 62.9 Å². The number of phenols is 1. The van der Waals surface area contributed by atoms with E-state index in [4.69, 9.17) is 42.4 Å². The molecule has 0 radical (unpaired) electrons. The zero-order valence-electron chi connectivity index (χ0n) is 24.4. The van der Waals surface area contributed by atoms with Crippen molar-refractivity contribution in [2.24, 2.45) is 11.5 Å². The second kappa shape index (κ2) is 18.3. The molecule has 13 heteroatoms. The maximum atomic E-state index is 10.8. The summed E-state index contributed by atoms with van der Waals surface area (Å²) in [6.07, 6.45) is 0.399. The van der Waals surface area contributed by atoms with E-state index in [9.17, 15) is 19.7 Å². The molecule has 46 heavy (non-hydrogen) atoms. The quantitative estimate of drug-likeness (QED) is 0.149. The maximum Gasteiger partial charge on any atom is 0.270 e. The number of nitrogens with zero attached hydrogens (tertiary/aromatic N) is 5. The highest BCUT2D eigenvalue weighted by Gasteiger charge is 2.09. The van der Waals surface area contributed by atoms with E-state index in [0.717, 1.165) is 17.2 Å². The minimum absolute atomic E-state index is 0. The van der Waals surface area contributed by atoms with Crippen LogP contribution in [-0.2, 0) is 22.4 Å². The molecule has 0 saturated heterocycles. The fourth-order valence-electron chi connectivity index (χ4n) is 3.44. The van der Waals surface area contributed by atoms with Crippen molar-refractivity contribution in [3.63, 3.8) is 0 Å². The summed E-state index contributed by atoms with van der Waals surface area (Å²) >= 11 is 0. The average Bonchev–Trinajstić information content (AvgIpc) is 3.02. The molecule has 0 aliphatic heterocycles. The van der Waals surface area contributed by atoms with E-state index >= 15 is 0 Å². The van der Waals surface area contributed by atoms with E-state index in [2.05, 4.69) is 0 Å². The summed E-state index contributed by atoms with van der Waals surface area (Å²) in [5.41, 5.74) is 12.3. The largest absolute Gasteiger partial charge is 0.508 e. The number of nitro benzene ring substituents is 1. The van der Waals surface area contributed by atoms with Gasteiger partial charge in [0, 0.05) is 12.1 Å². The van der Waals surface area contributed by atoms with Gasteiger partial charge in [0.1, 0.15) is 41.5 Å². The number of hydrogen-bond donors (Lipinski definition) is 3. The number of phenolic OH excluding ortho intramolecular Hbond substituents is 1. The highest BCUT2D eigenvalue weighted by atomic mass is 16.6. The van der Waals surface area contributed by atoms with Crippen LogP contribution in [0.25, 0.3) is 0 Å². The van der Waals surface area contributed by atoms with Gasteiger partial charge in [0.15, 0.2) is 0 Å². The molecular formula is C33H26N7O6-. The smallest absolute Gasteiger partial charge is 0.270 e. The van der Waals surface area contributed by atoms with Crippen LogP contribution in [0.15, 0.2) is 84.9 Å². The fraction of sp³-hybridized carbons (Fsp3) is 0.0606. The van der Waals surface area contributed by atoms with Crippen molar-refractivity contribution in [2.75, 3.05) is 0 Å². The van der Waals surface area contributed by atoms with Crippen LogP contribution in [0.2, 0.25) is 0 Å². The Morgan fingerprint density at radius 3 is 1.52 bits per heavy atom. The lowest BCUT2D eigenvalue weighted by Gasteiger charge is -2.07. The molecule has 0 saturated carbocycles. The molecule has 0 atom stereocenters. The summed E-state index contributed by atoms with van der Waals surface area (Å²) in [5.74, 6) is 0.466. The Kier molecular flexibility index (Phi) is 14.7. The molecule has 0 aliphatic carbocycles. The molecule has 230 valence electrons. The van der Waals surface area contributed by atoms with Gasteiger partial charge in [-0.25, -0.2) is 0 Å². The minimum Gasteiger partial charge on any atom is -0.508 e. The number of ether oxygens (including phenoxy) is 1. The van der Waals surface area contributed by atoms with Gasteiger partial charge in [-0.1, -0.05) is 24.3 Å². The third kappa shape index (κ3) is 11.9. The third-order valence-corrected chi connectivity index (χ3v) is 5.54. The van der Waals surface area contributed by atoms with E-state index in [1.807, 2.05) is 12.1 Å². The van der Waals surface area contributed by atoms with Gasteiger partial charge in [-0.3, -0.25) is 19.7 Å². The highest BCUT2D eigenvalue weighted by molar-refractivity contribution is 5.77. The van der Waals surface area contributed by atoms with Crippen molar-refractivity contribution in [2.45, 2.75) is 12.8 Å². The molecule has 0 fully saturated rings. The highest BCUT2D eigenvalue weighted by Crippen LogP contribution is 2.24. The topological polar surface area (TPSA) is 254 Å². The number of amides is 2. The summed E-state index contributed by atoms with van der Waals surface area (Å²) in [7, 11) is 0. The van der Waals surface area contributed by atoms with Crippen LogP contribution < -0.4 is 16.2 Å². The van der Waals surface area contributed by atoms with Crippen molar-refractivity contribution in [1.29, 1.82) is 21.0 Å². The van der Waals surface area contributed by atoms with Gasteiger partial charge in [-0.05, 0) is 59.7 Å². The minimum atomic E-state index is -0.609. The molecule has 4 aromatic carbocycles. The Bertz CT molecular complexity index is 1860. The van der Waals surface area contributed by atoms with Gasteiger partial charge in [0.05, 0.1) is 40.0 Å². The van der Waals surface area contributed by atoms with Gasteiger partial charge in [-0.2, -0.15) is 21.0 Å². The Balaban J connectivity index is 0.000000365. The second-order valence-corrected chi connectivity index (χ2v) is 8.84. The SMILES string of the molecule is N#Cc1ccc(Oc2ccc(CC(N)=O)cc2)cc1C#N.N#Cc1ccc([N+](=O)[O-])cc1C#N.NC(=O)Cc1ccc(O)cc1.[CH3-]. The van der Waals surface area contributed by atoms with Gasteiger partial charge in [0.2, 0.25) is 11.8 Å². The summed E-state index contributed by atoms with van der Waals surface area (Å²) < 4.78 is 5.60. The van der Waals surface area contributed by atoms with Crippen molar-refractivity contribution in [3.8, 4) is 41.5 Å². The number of nitrogens with two attached hydrogens (primary N) is 2. The van der Waals surface area contributed by atoms with Gasteiger partial charge < -0.3 is 28.7 Å². The second-order valence-electron chi connectivity index (χ2n) is 8.84. The summed E-state index contributed by atoms with van der Waals surface area (Å²) in [4.78, 5) is 30.9. The Labute approximate surface area is 264 Å². The van der Waals surface area contributed by atoms with Crippen molar-refractivity contribution in [3.05, 3.63) is 136 Å². The molecule has 0 aromatic heterocycles. The normalized spacial score (nSPS) is 8.96. The van der Waals surface area contributed by atoms with Gasteiger partial charge in [-0.15, -0.1) is 0 Å². The Morgan fingerprint density at radius 2 is 1.09 bits per heavy atom. The molecule has 4 aromatic rings. The Morgan fingerprint density at radius 1 is 0.674 bits per heavy atom. The number of nitro groups is 1. The number of carbonyl (C=O) groups excluding carboxylic acids is 2.